The van der Waals surface area contributed by atoms with Crippen LogP contribution in [0.4, 0.5) is 0 Å². The van der Waals surface area contributed by atoms with Crippen molar-refractivity contribution in [1.82, 2.24) is 15.5 Å². The van der Waals surface area contributed by atoms with Crippen LogP contribution in [0.3, 0.4) is 0 Å². The second-order valence-electron chi connectivity index (χ2n) is 6.70. The van der Waals surface area contributed by atoms with E-state index < -0.39 is 0 Å². The Bertz CT molecular complexity index is 497. The van der Waals surface area contributed by atoms with Gasteiger partial charge in [-0.05, 0) is 51.0 Å². The molecule has 0 aliphatic carbocycles. The van der Waals surface area contributed by atoms with Gasteiger partial charge in [-0.15, -0.1) is 0 Å². The molecular weight excluding hydrogens is 274 g/mol. The van der Waals surface area contributed by atoms with E-state index >= 15 is 0 Å². The molecule has 0 bridgehead atoms. The molecule has 2 rings (SSSR count). The molecular formula is C18H29N3O. The quantitative estimate of drug-likeness (QED) is 0.810. The van der Waals surface area contributed by atoms with Crippen LogP contribution in [-0.4, -0.2) is 37.0 Å². The van der Waals surface area contributed by atoms with Gasteiger partial charge >= 0.3 is 0 Å². The number of carbonyl (C=O) groups excluding carboxylic acids is 1. The normalized spacial score (nSPS) is 16.6. The number of hydrogen-bond donors (Lipinski definition) is 2. The van der Waals surface area contributed by atoms with Crippen LogP contribution in [-0.2, 0) is 17.9 Å². The van der Waals surface area contributed by atoms with Crippen molar-refractivity contribution in [2.45, 2.75) is 39.9 Å². The molecule has 2 N–H and O–H groups in total. The number of amides is 1. The van der Waals surface area contributed by atoms with E-state index in [2.05, 4.69) is 54.6 Å². The molecule has 0 aromatic heterocycles. The third-order valence-electron chi connectivity index (χ3n) is 4.81. The summed E-state index contributed by atoms with van der Waals surface area (Å²) in [6.45, 7) is 9.86. The SMILES string of the molecule is CC(C(=O)NCc1ccccc1CN(C)C(C)C)C1CNC1. The fourth-order valence-electron chi connectivity index (χ4n) is 2.56. The summed E-state index contributed by atoms with van der Waals surface area (Å²) in [6.07, 6.45) is 0. The van der Waals surface area contributed by atoms with Crippen LogP contribution < -0.4 is 10.6 Å². The summed E-state index contributed by atoms with van der Waals surface area (Å²) in [5.41, 5.74) is 2.50. The third-order valence-corrected chi connectivity index (χ3v) is 4.81. The largest absolute Gasteiger partial charge is 0.352 e. The zero-order chi connectivity index (χ0) is 16.1. The predicted molar refractivity (Wildman–Crippen MR) is 90.4 cm³/mol. The maximum atomic E-state index is 12.2. The van der Waals surface area contributed by atoms with E-state index in [0.29, 0.717) is 18.5 Å². The molecule has 1 aromatic carbocycles. The minimum atomic E-state index is 0.0896. The Hall–Kier alpha value is -1.39. The minimum absolute atomic E-state index is 0.0896. The number of rotatable bonds is 7. The lowest BCUT2D eigenvalue weighted by Gasteiger charge is -2.31. The fraction of sp³-hybridized carbons (Fsp3) is 0.611. The lowest BCUT2D eigenvalue weighted by Crippen LogP contribution is -2.49. The highest BCUT2D eigenvalue weighted by molar-refractivity contribution is 5.78. The topological polar surface area (TPSA) is 44.4 Å². The Kier molecular flexibility index (Phi) is 5.98. The highest BCUT2D eigenvalue weighted by Gasteiger charge is 2.28. The van der Waals surface area contributed by atoms with Gasteiger partial charge in [-0.3, -0.25) is 9.69 Å². The molecule has 1 fully saturated rings. The number of nitrogens with zero attached hydrogens (tertiary/aromatic N) is 1. The molecule has 4 heteroatoms. The molecule has 1 unspecified atom stereocenters. The molecule has 1 aliphatic rings. The number of hydrogen-bond acceptors (Lipinski definition) is 3. The van der Waals surface area contributed by atoms with E-state index in [4.69, 9.17) is 0 Å². The molecule has 1 atom stereocenters. The van der Waals surface area contributed by atoms with Gasteiger partial charge < -0.3 is 10.6 Å². The van der Waals surface area contributed by atoms with Gasteiger partial charge in [-0.2, -0.15) is 0 Å². The molecule has 1 aliphatic heterocycles. The van der Waals surface area contributed by atoms with Gasteiger partial charge in [-0.1, -0.05) is 31.2 Å². The predicted octanol–water partition coefficient (Wildman–Crippen LogP) is 2.00. The van der Waals surface area contributed by atoms with Crippen LogP contribution in [0.25, 0.3) is 0 Å². The maximum absolute atomic E-state index is 12.2. The Morgan fingerprint density at radius 3 is 2.45 bits per heavy atom. The smallest absolute Gasteiger partial charge is 0.223 e. The second-order valence-corrected chi connectivity index (χ2v) is 6.70. The Morgan fingerprint density at radius 1 is 1.27 bits per heavy atom. The van der Waals surface area contributed by atoms with Crippen molar-refractivity contribution >= 4 is 5.91 Å². The Balaban J connectivity index is 1.93. The molecule has 1 saturated heterocycles. The van der Waals surface area contributed by atoms with Gasteiger partial charge in [0, 0.05) is 25.0 Å². The van der Waals surface area contributed by atoms with Crippen LogP contribution in [0, 0.1) is 11.8 Å². The Morgan fingerprint density at radius 2 is 1.91 bits per heavy atom. The van der Waals surface area contributed by atoms with E-state index in [1.807, 2.05) is 13.0 Å². The molecule has 0 saturated carbocycles. The van der Waals surface area contributed by atoms with Crippen LogP contribution in [0.15, 0.2) is 24.3 Å². The summed E-state index contributed by atoms with van der Waals surface area (Å²) in [7, 11) is 2.13. The van der Waals surface area contributed by atoms with Crippen LogP contribution in [0.1, 0.15) is 31.9 Å². The van der Waals surface area contributed by atoms with E-state index in [1.165, 1.54) is 11.1 Å². The van der Waals surface area contributed by atoms with Crippen molar-refractivity contribution in [3.8, 4) is 0 Å². The molecule has 4 nitrogen and oxygen atoms in total. The summed E-state index contributed by atoms with van der Waals surface area (Å²) in [5.74, 6) is 0.743. The molecule has 0 spiro atoms. The number of carbonyl (C=O) groups is 1. The zero-order valence-electron chi connectivity index (χ0n) is 14.2. The van der Waals surface area contributed by atoms with E-state index in [-0.39, 0.29) is 11.8 Å². The summed E-state index contributed by atoms with van der Waals surface area (Å²) >= 11 is 0. The molecule has 0 radical (unpaired) electrons. The van der Waals surface area contributed by atoms with Gasteiger partial charge in [-0.25, -0.2) is 0 Å². The second kappa shape index (κ2) is 7.75. The lowest BCUT2D eigenvalue weighted by atomic mass is 9.88. The summed E-state index contributed by atoms with van der Waals surface area (Å²) in [5, 5.41) is 6.33. The van der Waals surface area contributed by atoms with Gasteiger partial charge in [0.2, 0.25) is 5.91 Å². The summed E-state index contributed by atoms with van der Waals surface area (Å²) in [4.78, 5) is 14.6. The first kappa shape index (κ1) is 17.0. The first-order valence-electron chi connectivity index (χ1n) is 8.24. The van der Waals surface area contributed by atoms with Crippen molar-refractivity contribution in [3.63, 3.8) is 0 Å². The van der Waals surface area contributed by atoms with Crippen molar-refractivity contribution < 1.29 is 4.79 Å². The maximum Gasteiger partial charge on any atom is 0.223 e. The molecule has 1 amide bonds. The van der Waals surface area contributed by atoms with Crippen LogP contribution in [0.2, 0.25) is 0 Å². The standard InChI is InChI=1S/C18H29N3O/c1-13(2)21(4)12-16-8-6-5-7-15(16)11-20-18(22)14(3)17-9-19-10-17/h5-8,13-14,17,19H,9-12H2,1-4H3,(H,20,22). The monoisotopic (exact) mass is 303 g/mol. The van der Waals surface area contributed by atoms with Gasteiger partial charge in [0.25, 0.3) is 0 Å². The Labute approximate surface area is 134 Å². The molecule has 1 aromatic rings. The number of benzene rings is 1. The first-order chi connectivity index (χ1) is 10.5. The highest BCUT2D eigenvalue weighted by Crippen LogP contribution is 2.17. The average Bonchev–Trinajstić information content (AvgIpc) is 2.43. The van der Waals surface area contributed by atoms with Crippen molar-refractivity contribution in [2.75, 3.05) is 20.1 Å². The third kappa shape index (κ3) is 4.31. The summed E-state index contributed by atoms with van der Waals surface area (Å²) in [6, 6.07) is 8.88. The molecule has 1 heterocycles. The van der Waals surface area contributed by atoms with Crippen molar-refractivity contribution in [3.05, 3.63) is 35.4 Å². The summed E-state index contributed by atoms with van der Waals surface area (Å²) < 4.78 is 0. The van der Waals surface area contributed by atoms with Gasteiger partial charge in [0.15, 0.2) is 0 Å². The zero-order valence-corrected chi connectivity index (χ0v) is 14.2. The van der Waals surface area contributed by atoms with Gasteiger partial charge in [0.1, 0.15) is 0 Å². The highest BCUT2D eigenvalue weighted by atomic mass is 16.1. The lowest BCUT2D eigenvalue weighted by molar-refractivity contribution is -0.126. The van der Waals surface area contributed by atoms with E-state index in [9.17, 15) is 4.79 Å². The molecule has 22 heavy (non-hydrogen) atoms. The average molecular weight is 303 g/mol. The minimum Gasteiger partial charge on any atom is -0.352 e. The molecule has 122 valence electrons. The van der Waals surface area contributed by atoms with E-state index in [0.717, 1.165) is 19.6 Å². The van der Waals surface area contributed by atoms with Crippen molar-refractivity contribution in [1.29, 1.82) is 0 Å². The van der Waals surface area contributed by atoms with Crippen LogP contribution >= 0.6 is 0 Å². The number of nitrogens with one attached hydrogen (secondary N) is 2. The van der Waals surface area contributed by atoms with Crippen LogP contribution in [0.5, 0.6) is 0 Å². The van der Waals surface area contributed by atoms with Crippen molar-refractivity contribution in [2.24, 2.45) is 11.8 Å². The first-order valence-corrected chi connectivity index (χ1v) is 8.24. The van der Waals surface area contributed by atoms with E-state index in [1.54, 1.807) is 0 Å². The van der Waals surface area contributed by atoms with Gasteiger partial charge in [0.05, 0.1) is 0 Å². The fourth-order valence-corrected chi connectivity index (χ4v) is 2.56.